The van der Waals surface area contributed by atoms with Gasteiger partial charge in [-0.25, -0.2) is 13.1 Å². The SMILES string of the molecule is Cc1nnc(N2CC[C@@]3(C[C@@H](NS(=O)(=O)C4CC4)CCO3)C2)s1. The lowest BCUT2D eigenvalue weighted by atomic mass is 9.90. The number of nitrogens with one attached hydrogen (secondary N) is 1. The van der Waals surface area contributed by atoms with Crippen LogP contribution in [0.1, 0.15) is 37.1 Å². The van der Waals surface area contributed by atoms with Gasteiger partial charge in [0.2, 0.25) is 15.2 Å². The zero-order valence-electron chi connectivity index (χ0n) is 13.2. The summed E-state index contributed by atoms with van der Waals surface area (Å²) in [5, 5.41) is 10.0. The predicted molar refractivity (Wildman–Crippen MR) is 88.3 cm³/mol. The van der Waals surface area contributed by atoms with Crippen molar-refractivity contribution >= 4 is 26.5 Å². The van der Waals surface area contributed by atoms with Gasteiger partial charge in [0, 0.05) is 25.7 Å². The van der Waals surface area contributed by atoms with E-state index in [1.165, 1.54) is 0 Å². The summed E-state index contributed by atoms with van der Waals surface area (Å²) in [5.41, 5.74) is -0.255. The minimum atomic E-state index is -3.13. The molecular weight excluding hydrogens is 336 g/mol. The first-order valence-electron chi connectivity index (χ1n) is 8.16. The molecule has 0 bridgehead atoms. The Kier molecular flexibility index (Phi) is 3.86. The van der Waals surface area contributed by atoms with Crippen LogP contribution in [-0.2, 0) is 14.8 Å². The lowest BCUT2D eigenvalue weighted by molar-refractivity contribution is -0.0706. The second-order valence-electron chi connectivity index (χ2n) is 6.86. The summed E-state index contributed by atoms with van der Waals surface area (Å²) in [6.07, 6.45) is 4.01. The zero-order valence-corrected chi connectivity index (χ0v) is 14.8. The van der Waals surface area contributed by atoms with E-state index in [1.807, 2.05) is 6.92 Å². The second kappa shape index (κ2) is 5.65. The van der Waals surface area contributed by atoms with Crippen molar-refractivity contribution in [1.29, 1.82) is 0 Å². The van der Waals surface area contributed by atoms with E-state index in [0.29, 0.717) is 6.61 Å². The molecule has 2 saturated heterocycles. The summed E-state index contributed by atoms with van der Waals surface area (Å²) < 4.78 is 33.3. The van der Waals surface area contributed by atoms with Crippen LogP contribution in [0.15, 0.2) is 0 Å². The van der Waals surface area contributed by atoms with Crippen molar-refractivity contribution in [3.63, 3.8) is 0 Å². The third-order valence-corrected chi connectivity index (χ3v) is 7.80. The highest BCUT2D eigenvalue weighted by molar-refractivity contribution is 7.90. The van der Waals surface area contributed by atoms with Gasteiger partial charge < -0.3 is 9.64 Å². The summed E-state index contributed by atoms with van der Waals surface area (Å²) in [7, 11) is -3.13. The lowest BCUT2D eigenvalue weighted by Crippen LogP contribution is -2.50. The van der Waals surface area contributed by atoms with E-state index in [-0.39, 0.29) is 16.9 Å². The van der Waals surface area contributed by atoms with Gasteiger partial charge in [0.1, 0.15) is 5.01 Å². The number of aryl methyl sites for hydroxylation is 1. The number of hydrogen-bond donors (Lipinski definition) is 1. The Bertz CT molecular complexity index is 688. The molecule has 1 aromatic rings. The van der Waals surface area contributed by atoms with E-state index in [2.05, 4.69) is 19.8 Å². The standard InChI is InChI=1S/C14H22N4O3S2/c1-10-15-16-13(22-10)18-6-5-14(9-18)8-11(4-7-21-14)17-23(19,20)12-2-3-12/h11-12,17H,2-9H2,1H3/t11-,14+/m0/s1. The summed E-state index contributed by atoms with van der Waals surface area (Å²) in [5.74, 6) is 0. The van der Waals surface area contributed by atoms with Gasteiger partial charge in [0.25, 0.3) is 0 Å². The molecule has 0 aromatic carbocycles. The van der Waals surface area contributed by atoms with E-state index >= 15 is 0 Å². The van der Waals surface area contributed by atoms with Gasteiger partial charge in [0.15, 0.2) is 0 Å². The number of aromatic nitrogens is 2. The summed E-state index contributed by atoms with van der Waals surface area (Å²) in [4.78, 5) is 2.21. The van der Waals surface area contributed by atoms with E-state index in [4.69, 9.17) is 4.74 Å². The van der Waals surface area contributed by atoms with Crippen molar-refractivity contribution in [3.05, 3.63) is 5.01 Å². The van der Waals surface area contributed by atoms with Crippen molar-refractivity contribution in [2.45, 2.75) is 55.9 Å². The molecule has 128 valence electrons. The van der Waals surface area contributed by atoms with Gasteiger partial charge in [0.05, 0.1) is 10.9 Å². The van der Waals surface area contributed by atoms with Crippen molar-refractivity contribution in [2.75, 3.05) is 24.6 Å². The highest BCUT2D eigenvalue weighted by Gasteiger charge is 2.46. The maximum Gasteiger partial charge on any atom is 0.214 e. The molecule has 3 aliphatic rings. The molecule has 1 spiro atoms. The Morgan fingerprint density at radius 2 is 2.17 bits per heavy atom. The van der Waals surface area contributed by atoms with Gasteiger partial charge >= 0.3 is 0 Å². The Balaban J connectivity index is 1.42. The number of nitrogens with zero attached hydrogens (tertiary/aromatic N) is 3. The van der Waals surface area contributed by atoms with Gasteiger partial charge in [-0.1, -0.05) is 11.3 Å². The van der Waals surface area contributed by atoms with Crippen LogP contribution in [0.2, 0.25) is 0 Å². The van der Waals surface area contributed by atoms with Crippen LogP contribution in [0.3, 0.4) is 0 Å². The molecule has 1 aliphatic carbocycles. The molecule has 3 fully saturated rings. The first kappa shape index (κ1) is 15.7. The van der Waals surface area contributed by atoms with E-state index in [9.17, 15) is 8.42 Å². The number of ether oxygens (including phenoxy) is 1. The lowest BCUT2D eigenvalue weighted by Gasteiger charge is -2.38. The van der Waals surface area contributed by atoms with Crippen LogP contribution in [0.4, 0.5) is 5.13 Å². The normalized spacial score (nSPS) is 31.9. The molecule has 1 aromatic heterocycles. The van der Waals surface area contributed by atoms with Crippen molar-refractivity contribution in [2.24, 2.45) is 0 Å². The third kappa shape index (κ3) is 3.24. The van der Waals surface area contributed by atoms with Crippen LogP contribution in [-0.4, -0.2) is 55.2 Å². The molecule has 23 heavy (non-hydrogen) atoms. The van der Waals surface area contributed by atoms with Crippen LogP contribution < -0.4 is 9.62 Å². The Morgan fingerprint density at radius 1 is 1.35 bits per heavy atom. The van der Waals surface area contributed by atoms with Crippen molar-refractivity contribution in [1.82, 2.24) is 14.9 Å². The van der Waals surface area contributed by atoms with Crippen LogP contribution >= 0.6 is 11.3 Å². The first-order chi connectivity index (χ1) is 11.0. The molecule has 3 heterocycles. The maximum absolute atomic E-state index is 12.2. The Hall–Kier alpha value is -0.770. The van der Waals surface area contributed by atoms with Gasteiger partial charge in [-0.15, -0.1) is 10.2 Å². The fourth-order valence-corrected chi connectivity index (χ4v) is 5.87. The maximum atomic E-state index is 12.2. The smallest absolute Gasteiger partial charge is 0.214 e. The second-order valence-corrected chi connectivity index (χ2v) is 10.0. The molecule has 1 N–H and O–H groups in total. The van der Waals surface area contributed by atoms with Crippen LogP contribution in [0.5, 0.6) is 0 Å². The first-order valence-corrected chi connectivity index (χ1v) is 10.5. The largest absolute Gasteiger partial charge is 0.373 e. The van der Waals surface area contributed by atoms with Crippen LogP contribution in [0, 0.1) is 6.92 Å². The number of anilines is 1. The molecule has 7 nitrogen and oxygen atoms in total. The highest BCUT2D eigenvalue weighted by Crippen LogP contribution is 2.38. The third-order valence-electron chi connectivity index (χ3n) is 4.89. The molecule has 1 saturated carbocycles. The summed E-state index contributed by atoms with van der Waals surface area (Å²) >= 11 is 1.59. The molecular formula is C14H22N4O3S2. The average Bonchev–Trinajstić information content (AvgIpc) is 3.17. The molecule has 9 heteroatoms. The summed E-state index contributed by atoms with van der Waals surface area (Å²) in [6, 6.07) is -0.00884. The number of sulfonamides is 1. The topological polar surface area (TPSA) is 84.4 Å². The van der Waals surface area contributed by atoms with E-state index in [1.54, 1.807) is 11.3 Å². The Labute approximate surface area is 140 Å². The average molecular weight is 358 g/mol. The van der Waals surface area contributed by atoms with Gasteiger partial charge in [-0.3, -0.25) is 0 Å². The molecule has 2 atom stereocenters. The van der Waals surface area contributed by atoms with Gasteiger partial charge in [-0.05, 0) is 39.0 Å². The molecule has 2 aliphatic heterocycles. The van der Waals surface area contributed by atoms with Crippen molar-refractivity contribution < 1.29 is 13.2 Å². The zero-order chi connectivity index (χ0) is 16.1. The fourth-order valence-electron chi connectivity index (χ4n) is 3.54. The molecule has 0 amide bonds. The quantitative estimate of drug-likeness (QED) is 0.866. The number of hydrogen-bond acceptors (Lipinski definition) is 7. The predicted octanol–water partition coefficient (Wildman–Crippen LogP) is 1.06. The Morgan fingerprint density at radius 3 is 2.87 bits per heavy atom. The van der Waals surface area contributed by atoms with Crippen LogP contribution in [0.25, 0.3) is 0 Å². The van der Waals surface area contributed by atoms with Gasteiger partial charge in [-0.2, -0.15) is 0 Å². The molecule has 0 radical (unpaired) electrons. The summed E-state index contributed by atoms with van der Waals surface area (Å²) in [6.45, 7) is 4.22. The highest BCUT2D eigenvalue weighted by atomic mass is 32.2. The molecule has 4 rings (SSSR count). The van der Waals surface area contributed by atoms with Crippen molar-refractivity contribution in [3.8, 4) is 0 Å². The minimum Gasteiger partial charge on any atom is -0.373 e. The van der Waals surface area contributed by atoms with E-state index in [0.717, 1.165) is 55.3 Å². The molecule has 0 unspecified atom stereocenters. The fraction of sp³-hybridized carbons (Fsp3) is 0.857. The monoisotopic (exact) mass is 358 g/mol. The number of rotatable bonds is 4. The minimum absolute atomic E-state index is 0.00884. The van der Waals surface area contributed by atoms with E-state index < -0.39 is 10.0 Å².